The summed E-state index contributed by atoms with van der Waals surface area (Å²) in [5, 5.41) is 7.45. The van der Waals surface area contributed by atoms with Crippen LogP contribution in [0.15, 0.2) is 54.9 Å². The molecule has 6 nitrogen and oxygen atoms in total. The SMILES string of the molecule is Cn1ncnc1-c1ccc(C(=O)N[C@H](CN)Cc2ccccc2)cc1Cl. The molecule has 3 rings (SSSR count). The van der Waals surface area contributed by atoms with Crippen LogP contribution in [0.2, 0.25) is 5.02 Å². The van der Waals surface area contributed by atoms with Crippen molar-refractivity contribution in [2.24, 2.45) is 12.8 Å². The molecule has 2 aromatic carbocycles. The number of nitrogens with two attached hydrogens (primary N) is 1. The van der Waals surface area contributed by atoms with Crippen LogP contribution in [0, 0.1) is 0 Å². The molecular weight excluding hydrogens is 350 g/mol. The third-order valence-corrected chi connectivity index (χ3v) is 4.44. The summed E-state index contributed by atoms with van der Waals surface area (Å²) in [5.74, 6) is 0.439. The number of hydrogen-bond acceptors (Lipinski definition) is 4. The molecule has 0 saturated heterocycles. The Morgan fingerprint density at radius 2 is 2.04 bits per heavy atom. The van der Waals surface area contributed by atoms with E-state index in [9.17, 15) is 4.79 Å². The van der Waals surface area contributed by atoms with Gasteiger partial charge in [0.15, 0.2) is 5.82 Å². The van der Waals surface area contributed by atoms with E-state index in [2.05, 4.69) is 15.4 Å². The van der Waals surface area contributed by atoms with Crippen molar-refractivity contribution in [1.29, 1.82) is 0 Å². The predicted molar refractivity (Wildman–Crippen MR) is 102 cm³/mol. The average molecular weight is 370 g/mol. The van der Waals surface area contributed by atoms with Gasteiger partial charge in [0.1, 0.15) is 6.33 Å². The number of carbonyl (C=O) groups is 1. The summed E-state index contributed by atoms with van der Waals surface area (Å²) in [6.07, 6.45) is 2.13. The molecule has 134 valence electrons. The van der Waals surface area contributed by atoms with Crippen molar-refractivity contribution in [3.8, 4) is 11.4 Å². The van der Waals surface area contributed by atoms with Crippen LogP contribution in [-0.2, 0) is 13.5 Å². The highest BCUT2D eigenvalue weighted by Gasteiger charge is 2.16. The first-order valence-corrected chi connectivity index (χ1v) is 8.65. The van der Waals surface area contributed by atoms with E-state index in [0.29, 0.717) is 29.4 Å². The number of hydrogen-bond donors (Lipinski definition) is 2. The van der Waals surface area contributed by atoms with E-state index >= 15 is 0 Å². The minimum absolute atomic E-state index is 0.151. The van der Waals surface area contributed by atoms with Gasteiger partial charge in [-0.15, -0.1) is 0 Å². The standard InChI is InChI=1S/C19H20ClN5O/c1-25-18(22-12-23-25)16-8-7-14(10-17(16)20)19(26)24-15(11-21)9-13-5-3-2-4-6-13/h2-8,10,12,15H,9,11,21H2,1H3,(H,24,26)/t15-/m0/s1. The number of aromatic nitrogens is 3. The quantitative estimate of drug-likeness (QED) is 0.698. The second-order valence-electron chi connectivity index (χ2n) is 6.00. The number of amides is 1. The Balaban J connectivity index is 1.73. The fraction of sp³-hybridized carbons (Fsp3) is 0.211. The van der Waals surface area contributed by atoms with E-state index in [1.807, 2.05) is 30.3 Å². The van der Waals surface area contributed by atoms with Crippen molar-refractivity contribution in [2.75, 3.05) is 6.54 Å². The Morgan fingerprint density at radius 1 is 1.27 bits per heavy atom. The molecule has 3 N–H and O–H groups in total. The maximum absolute atomic E-state index is 12.6. The molecule has 0 aliphatic rings. The van der Waals surface area contributed by atoms with E-state index in [-0.39, 0.29) is 11.9 Å². The summed E-state index contributed by atoms with van der Waals surface area (Å²) in [6, 6.07) is 14.9. The lowest BCUT2D eigenvalue weighted by molar-refractivity contribution is 0.0938. The lowest BCUT2D eigenvalue weighted by atomic mass is 10.0. The van der Waals surface area contributed by atoms with Crippen molar-refractivity contribution in [3.05, 3.63) is 71.0 Å². The molecule has 0 aliphatic heterocycles. The van der Waals surface area contributed by atoms with Gasteiger partial charge in [-0.3, -0.25) is 4.79 Å². The van der Waals surface area contributed by atoms with E-state index in [1.54, 1.807) is 29.9 Å². The van der Waals surface area contributed by atoms with Crippen LogP contribution in [0.25, 0.3) is 11.4 Å². The number of nitrogens with one attached hydrogen (secondary N) is 1. The third-order valence-electron chi connectivity index (χ3n) is 4.13. The van der Waals surface area contributed by atoms with Crippen LogP contribution < -0.4 is 11.1 Å². The van der Waals surface area contributed by atoms with Gasteiger partial charge in [0.05, 0.1) is 5.02 Å². The molecule has 7 heteroatoms. The summed E-state index contributed by atoms with van der Waals surface area (Å²) in [7, 11) is 1.79. The highest BCUT2D eigenvalue weighted by Crippen LogP contribution is 2.26. The Morgan fingerprint density at radius 3 is 2.65 bits per heavy atom. The molecular formula is C19H20ClN5O. The van der Waals surface area contributed by atoms with E-state index in [4.69, 9.17) is 17.3 Å². The topological polar surface area (TPSA) is 85.8 Å². The van der Waals surface area contributed by atoms with Gasteiger partial charge < -0.3 is 11.1 Å². The molecule has 26 heavy (non-hydrogen) atoms. The minimum Gasteiger partial charge on any atom is -0.348 e. The number of aryl methyl sites for hydroxylation is 1. The third kappa shape index (κ3) is 4.09. The zero-order valence-electron chi connectivity index (χ0n) is 14.4. The normalized spacial score (nSPS) is 12.0. The molecule has 1 atom stereocenters. The number of benzene rings is 2. The van der Waals surface area contributed by atoms with Crippen molar-refractivity contribution in [2.45, 2.75) is 12.5 Å². The van der Waals surface area contributed by atoms with Crippen molar-refractivity contribution in [1.82, 2.24) is 20.1 Å². The summed E-state index contributed by atoms with van der Waals surface area (Å²) in [4.78, 5) is 16.7. The van der Waals surface area contributed by atoms with Crippen LogP contribution in [0.3, 0.4) is 0 Å². The largest absolute Gasteiger partial charge is 0.348 e. The highest BCUT2D eigenvalue weighted by atomic mass is 35.5. The van der Waals surface area contributed by atoms with Crippen LogP contribution >= 0.6 is 11.6 Å². The summed E-state index contributed by atoms with van der Waals surface area (Å²) < 4.78 is 1.63. The molecule has 0 bridgehead atoms. The maximum atomic E-state index is 12.6. The molecule has 0 saturated carbocycles. The van der Waals surface area contributed by atoms with Gasteiger partial charge in [0.2, 0.25) is 0 Å². The molecule has 3 aromatic rings. The van der Waals surface area contributed by atoms with Gasteiger partial charge in [-0.25, -0.2) is 9.67 Å². The van der Waals surface area contributed by atoms with Crippen molar-refractivity contribution in [3.63, 3.8) is 0 Å². The van der Waals surface area contributed by atoms with Gasteiger partial charge in [-0.2, -0.15) is 5.10 Å². The van der Waals surface area contributed by atoms with Crippen LogP contribution in [0.1, 0.15) is 15.9 Å². The highest BCUT2D eigenvalue weighted by molar-refractivity contribution is 6.33. The Kier molecular flexibility index (Phi) is 5.65. The zero-order valence-corrected chi connectivity index (χ0v) is 15.1. The Hall–Kier alpha value is -2.70. The Bertz CT molecular complexity index is 894. The predicted octanol–water partition coefficient (Wildman–Crippen LogP) is 2.44. The number of halogens is 1. The van der Waals surface area contributed by atoms with Gasteiger partial charge in [0.25, 0.3) is 5.91 Å². The molecule has 0 fully saturated rings. The fourth-order valence-electron chi connectivity index (χ4n) is 2.74. The first-order valence-electron chi connectivity index (χ1n) is 8.27. The number of rotatable bonds is 6. The lowest BCUT2D eigenvalue weighted by Crippen LogP contribution is -2.41. The summed E-state index contributed by atoms with van der Waals surface area (Å²) >= 11 is 6.35. The van der Waals surface area contributed by atoms with Crippen molar-refractivity contribution < 1.29 is 4.79 Å². The van der Waals surface area contributed by atoms with E-state index in [0.717, 1.165) is 11.1 Å². The molecule has 0 unspecified atom stereocenters. The Labute approximate surface area is 157 Å². The molecule has 1 heterocycles. The van der Waals surface area contributed by atoms with Gasteiger partial charge in [-0.05, 0) is 30.2 Å². The fourth-order valence-corrected chi connectivity index (χ4v) is 3.00. The number of carbonyl (C=O) groups excluding carboxylic acids is 1. The van der Waals surface area contributed by atoms with Gasteiger partial charge in [0, 0.05) is 30.8 Å². The first kappa shape index (κ1) is 18.1. The lowest BCUT2D eigenvalue weighted by Gasteiger charge is -2.17. The molecule has 0 spiro atoms. The second-order valence-corrected chi connectivity index (χ2v) is 6.40. The smallest absolute Gasteiger partial charge is 0.251 e. The monoisotopic (exact) mass is 369 g/mol. The van der Waals surface area contributed by atoms with Crippen LogP contribution in [-0.4, -0.2) is 33.3 Å². The zero-order chi connectivity index (χ0) is 18.5. The molecule has 1 amide bonds. The minimum atomic E-state index is -0.206. The van der Waals surface area contributed by atoms with E-state index in [1.165, 1.54) is 6.33 Å². The second kappa shape index (κ2) is 8.12. The summed E-state index contributed by atoms with van der Waals surface area (Å²) in [5.41, 5.74) is 8.15. The van der Waals surface area contributed by atoms with Crippen LogP contribution in [0.5, 0.6) is 0 Å². The maximum Gasteiger partial charge on any atom is 0.251 e. The molecule has 1 aromatic heterocycles. The number of nitrogens with zero attached hydrogens (tertiary/aromatic N) is 3. The van der Waals surface area contributed by atoms with Crippen LogP contribution in [0.4, 0.5) is 0 Å². The first-order chi connectivity index (χ1) is 12.6. The molecule has 0 radical (unpaired) electrons. The van der Waals surface area contributed by atoms with Crippen molar-refractivity contribution >= 4 is 17.5 Å². The summed E-state index contributed by atoms with van der Waals surface area (Å²) in [6.45, 7) is 0.353. The van der Waals surface area contributed by atoms with E-state index < -0.39 is 0 Å². The van der Waals surface area contributed by atoms with Gasteiger partial charge >= 0.3 is 0 Å². The average Bonchev–Trinajstić information content (AvgIpc) is 3.07. The molecule has 0 aliphatic carbocycles. The van der Waals surface area contributed by atoms with Gasteiger partial charge in [-0.1, -0.05) is 41.9 Å².